The Morgan fingerprint density at radius 2 is 1.59 bits per heavy atom. The molecule has 0 N–H and O–H groups in total. The molecule has 1 aliphatic rings. The number of para-hydroxylation sites is 1. The van der Waals surface area contributed by atoms with Gasteiger partial charge in [0.1, 0.15) is 0 Å². The second-order valence-corrected chi connectivity index (χ2v) is 13.3. The first kappa shape index (κ1) is 20.8. The predicted molar refractivity (Wildman–Crippen MR) is 125 cm³/mol. The monoisotopic (exact) mass is 404 g/mol. The average molecular weight is 405 g/mol. The minimum atomic E-state index is -0.607. The van der Waals surface area contributed by atoms with Crippen LogP contribution < -0.4 is 4.90 Å². The molecule has 1 fully saturated rings. The van der Waals surface area contributed by atoms with Crippen LogP contribution in [0, 0.1) is 0 Å². The standard InChI is InChI=1S/C23H36N2S2/c1-5-27(6-2,7-3)23-14-13-22(26-23)19-25(20-11-9-8-10-12-20)21-15-17-24(4)18-16-21/h8-14,21H,5-7,15-19H2,1-4H3. The number of hydrogen-bond acceptors (Lipinski definition) is 3. The van der Waals surface area contributed by atoms with E-state index in [4.69, 9.17) is 0 Å². The summed E-state index contributed by atoms with van der Waals surface area (Å²) in [6.45, 7) is 10.6. The number of thiophene rings is 1. The molecular formula is C23H36N2S2. The molecule has 0 unspecified atom stereocenters. The minimum absolute atomic E-state index is 0.607. The Hall–Kier alpha value is -0.970. The zero-order valence-corrected chi connectivity index (χ0v) is 19.1. The van der Waals surface area contributed by atoms with Crippen molar-refractivity contribution >= 4 is 27.1 Å². The second-order valence-electron chi connectivity index (χ2n) is 7.63. The Balaban J connectivity index is 1.83. The van der Waals surface area contributed by atoms with Gasteiger partial charge in [0.15, 0.2) is 0 Å². The molecule has 150 valence electrons. The van der Waals surface area contributed by atoms with E-state index >= 15 is 0 Å². The number of rotatable bonds is 8. The van der Waals surface area contributed by atoms with E-state index in [9.17, 15) is 0 Å². The number of likely N-dealkylation sites (tertiary alicyclic amines) is 1. The first-order valence-electron chi connectivity index (χ1n) is 10.5. The van der Waals surface area contributed by atoms with Crippen LogP contribution in [-0.4, -0.2) is 48.3 Å². The number of anilines is 1. The lowest BCUT2D eigenvalue weighted by atomic mass is 10.0. The lowest BCUT2D eigenvalue weighted by Gasteiger charge is -2.39. The Labute approximate surface area is 171 Å². The maximum Gasteiger partial charge on any atom is 0.0526 e. The summed E-state index contributed by atoms with van der Waals surface area (Å²) < 4.78 is 1.67. The van der Waals surface area contributed by atoms with Gasteiger partial charge in [0, 0.05) is 20.8 Å². The summed E-state index contributed by atoms with van der Waals surface area (Å²) in [5, 5.41) is 0. The van der Waals surface area contributed by atoms with Crippen molar-refractivity contribution in [1.82, 2.24) is 4.90 Å². The Bertz CT molecular complexity index is 677. The number of hydrogen-bond donors (Lipinski definition) is 0. The van der Waals surface area contributed by atoms with Crippen molar-refractivity contribution in [1.29, 1.82) is 0 Å². The number of benzene rings is 1. The van der Waals surface area contributed by atoms with Crippen molar-refractivity contribution in [3.05, 3.63) is 47.3 Å². The minimum Gasteiger partial charge on any atom is -0.363 e. The van der Waals surface area contributed by atoms with Crippen molar-refractivity contribution in [3.63, 3.8) is 0 Å². The van der Waals surface area contributed by atoms with Crippen LogP contribution in [0.15, 0.2) is 46.7 Å². The van der Waals surface area contributed by atoms with E-state index in [0.717, 1.165) is 6.54 Å². The molecule has 0 radical (unpaired) electrons. The van der Waals surface area contributed by atoms with Crippen molar-refractivity contribution in [3.8, 4) is 0 Å². The largest absolute Gasteiger partial charge is 0.363 e. The van der Waals surface area contributed by atoms with Crippen LogP contribution in [0.25, 0.3) is 0 Å². The molecule has 0 saturated carbocycles. The summed E-state index contributed by atoms with van der Waals surface area (Å²) in [7, 11) is 1.64. The lowest BCUT2D eigenvalue weighted by molar-refractivity contribution is 0.249. The van der Waals surface area contributed by atoms with Crippen molar-refractivity contribution < 1.29 is 0 Å². The maximum absolute atomic E-state index is 2.67. The molecule has 27 heavy (non-hydrogen) atoms. The molecule has 1 aromatic heterocycles. The zero-order valence-electron chi connectivity index (χ0n) is 17.5. The Morgan fingerprint density at radius 3 is 2.19 bits per heavy atom. The molecule has 0 atom stereocenters. The molecule has 1 saturated heterocycles. The molecular weight excluding hydrogens is 368 g/mol. The van der Waals surface area contributed by atoms with Gasteiger partial charge in [-0.3, -0.25) is 0 Å². The van der Waals surface area contributed by atoms with Crippen molar-refractivity contribution in [2.45, 2.75) is 50.4 Å². The van der Waals surface area contributed by atoms with E-state index in [1.54, 1.807) is 4.21 Å². The van der Waals surface area contributed by atoms with E-state index < -0.39 is 10.0 Å². The van der Waals surface area contributed by atoms with E-state index in [2.05, 4.69) is 91.4 Å². The second kappa shape index (κ2) is 9.49. The topological polar surface area (TPSA) is 6.48 Å². The van der Waals surface area contributed by atoms with Gasteiger partial charge in [0.2, 0.25) is 0 Å². The summed E-state index contributed by atoms with van der Waals surface area (Å²) in [4.78, 5) is 6.66. The van der Waals surface area contributed by atoms with Crippen LogP contribution >= 0.6 is 21.4 Å². The first-order chi connectivity index (χ1) is 13.1. The fourth-order valence-corrected chi connectivity index (χ4v) is 9.50. The Morgan fingerprint density at radius 1 is 0.963 bits per heavy atom. The molecule has 0 amide bonds. The van der Waals surface area contributed by atoms with Gasteiger partial charge in [-0.2, -0.15) is 0 Å². The number of piperidine rings is 1. The van der Waals surface area contributed by atoms with Gasteiger partial charge in [-0.15, -0.1) is 11.3 Å². The van der Waals surface area contributed by atoms with E-state index in [0.29, 0.717) is 6.04 Å². The Kier molecular flexibility index (Phi) is 7.29. The lowest BCUT2D eigenvalue weighted by Crippen LogP contribution is -2.43. The molecule has 1 aliphatic heterocycles. The van der Waals surface area contributed by atoms with Crippen LogP contribution in [0.5, 0.6) is 0 Å². The van der Waals surface area contributed by atoms with Crippen molar-refractivity contribution in [2.24, 2.45) is 0 Å². The molecule has 2 nitrogen and oxygen atoms in total. The van der Waals surface area contributed by atoms with E-state index in [-0.39, 0.29) is 0 Å². The smallest absolute Gasteiger partial charge is 0.0526 e. The van der Waals surface area contributed by atoms with Crippen LogP contribution in [0.2, 0.25) is 0 Å². The fourth-order valence-electron chi connectivity index (χ4n) is 4.24. The van der Waals surface area contributed by atoms with E-state index in [1.165, 1.54) is 53.8 Å². The third kappa shape index (κ3) is 4.72. The molecule has 0 bridgehead atoms. The van der Waals surface area contributed by atoms with Gasteiger partial charge < -0.3 is 9.80 Å². The molecule has 2 heterocycles. The van der Waals surface area contributed by atoms with Crippen molar-refractivity contribution in [2.75, 3.05) is 42.3 Å². The zero-order chi connectivity index (χ0) is 19.3. The normalized spacial score (nSPS) is 17.2. The van der Waals surface area contributed by atoms with Gasteiger partial charge in [0.25, 0.3) is 0 Å². The highest BCUT2D eigenvalue weighted by molar-refractivity contribution is 8.34. The maximum atomic E-state index is 2.67. The number of nitrogens with zero attached hydrogens (tertiary/aromatic N) is 2. The third-order valence-corrected chi connectivity index (χ3v) is 12.7. The summed E-state index contributed by atoms with van der Waals surface area (Å²) in [6.07, 6.45) is 2.52. The summed E-state index contributed by atoms with van der Waals surface area (Å²) >= 11 is 2.09. The molecule has 1 aromatic carbocycles. The summed E-state index contributed by atoms with van der Waals surface area (Å²) in [6, 6.07) is 16.6. The van der Waals surface area contributed by atoms with Crippen LogP contribution in [-0.2, 0) is 6.54 Å². The van der Waals surface area contributed by atoms with Crippen LogP contribution in [0.3, 0.4) is 0 Å². The van der Waals surface area contributed by atoms with Crippen LogP contribution in [0.1, 0.15) is 38.5 Å². The fraction of sp³-hybridized carbons (Fsp3) is 0.565. The van der Waals surface area contributed by atoms with Crippen LogP contribution in [0.4, 0.5) is 5.69 Å². The van der Waals surface area contributed by atoms with Gasteiger partial charge in [-0.05, 0) is 74.5 Å². The highest BCUT2D eigenvalue weighted by atomic mass is 32.3. The summed E-state index contributed by atoms with van der Waals surface area (Å²) in [5.74, 6) is 3.95. The third-order valence-electron chi connectivity index (χ3n) is 6.26. The predicted octanol–water partition coefficient (Wildman–Crippen LogP) is 6.07. The van der Waals surface area contributed by atoms with E-state index in [1.807, 2.05) is 0 Å². The molecule has 4 heteroatoms. The SMILES string of the molecule is CCS(CC)(CC)c1ccc(CN(c2ccccc2)C2CCN(C)CC2)s1. The quantitative estimate of drug-likeness (QED) is 0.526. The summed E-state index contributed by atoms with van der Waals surface area (Å²) in [5.41, 5.74) is 1.38. The van der Waals surface area contributed by atoms with Gasteiger partial charge in [-0.25, -0.2) is 10.0 Å². The highest BCUT2D eigenvalue weighted by Gasteiger charge is 2.26. The molecule has 2 aromatic rings. The molecule has 3 rings (SSSR count). The molecule has 0 spiro atoms. The average Bonchev–Trinajstić information content (AvgIpc) is 3.19. The molecule has 0 aliphatic carbocycles. The van der Waals surface area contributed by atoms with Gasteiger partial charge in [-0.1, -0.05) is 39.0 Å². The van der Waals surface area contributed by atoms with Gasteiger partial charge in [0.05, 0.1) is 6.54 Å². The van der Waals surface area contributed by atoms with Gasteiger partial charge >= 0.3 is 0 Å². The first-order valence-corrected chi connectivity index (χ1v) is 13.4. The highest BCUT2D eigenvalue weighted by Crippen LogP contribution is 2.57.